The highest BCUT2D eigenvalue weighted by Crippen LogP contribution is 2.24. The van der Waals surface area contributed by atoms with Gasteiger partial charge in [-0.3, -0.25) is 0 Å². The van der Waals surface area contributed by atoms with Crippen molar-refractivity contribution >= 4 is 66.9 Å². The van der Waals surface area contributed by atoms with E-state index in [2.05, 4.69) is 12.6 Å². The molecule has 13 heavy (non-hydrogen) atoms. The van der Waals surface area contributed by atoms with Gasteiger partial charge in [0.05, 0.1) is 11.4 Å². The fourth-order valence-electron chi connectivity index (χ4n) is 0.639. The fraction of sp³-hybridized carbons (Fsp3) is 0. The average molecular weight is 265 g/mol. The molecule has 78 valence electrons. The highest BCUT2D eigenvalue weighted by molar-refractivity contribution is 7.80. The normalized spacial score (nSPS) is 7.46. The van der Waals surface area contributed by atoms with Gasteiger partial charge in [-0.1, -0.05) is 0 Å². The summed E-state index contributed by atoms with van der Waals surface area (Å²) in [5, 5.41) is 0. The van der Waals surface area contributed by atoms with Crippen molar-refractivity contribution in [2.45, 2.75) is 4.90 Å². The molecule has 0 saturated carbocycles. The van der Waals surface area contributed by atoms with Crippen molar-refractivity contribution in [3.8, 4) is 0 Å². The molecular formula is C6H12Cl3N3S. The highest BCUT2D eigenvalue weighted by Gasteiger charge is 1.98. The molecule has 0 fully saturated rings. The lowest BCUT2D eigenvalue weighted by Gasteiger charge is -2.03. The molecule has 1 aromatic carbocycles. The van der Waals surface area contributed by atoms with Gasteiger partial charge in [0, 0.05) is 10.6 Å². The monoisotopic (exact) mass is 263 g/mol. The zero-order valence-corrected chi connectivity index (χ0v) is 9.90. The Morgan fingerprint density at radius 2 is 1.15 bits per heavy atom. The summed E-state index contributed by atoms with van der Waals surface area (Å²) in [6.07, 6.45) is 0. The lowest BCUT2D eigenvalue weighted by atomic mass is 10.2. The average Bonchev–Trinajstić information content (AvgIpc) is 1.84. The first-order valence-corrected chi connectivity index (χ1v) is 3.19. The number of nitrogens with two attached hydrogens (primary N) is 3. The SMILES string of the molecule is Cl.Cl.Cl.Nc1cc(N)c(S)cc1N. The van der Waals surface area contributed by atoms with Crippen LogP contribution in [-0.2, 0) is 0 Å². The van der Waals surface area contributed by atoms with Gasteiger partial charge in [0.2, 0.25) is 0 Å². The maximum atomic E-state index is 5.48. The van der Waals surface area contributed by atoms with Gasteiger partial charge in [0.15, 0.2) is 0 Å². The van der Waals surface area contributed by atoms with E-state index in [-0.39, 0.29) is 37.2 Å². The summed E-state index contributed by atoms with van der Waals surface area (Å²) in [7, 11) is 0. The smallest absolute Gasteiger partial charge is 0.0569 e. The molecule has 0 bridgehead atoms. The van der Waals surface area contributed by atoms with Crippen LogP contribution in [0.4, 0.5) is 17.1 Å². The zero-order chi connectivity index (χ0) is 7.72. The van der Waals surface area contributed by atoms with E-state index in [0.29, 0.717) is 22.0 Å². The second-order valence-electron chi connectivity index (χ2n) is 2.04. The van der Waals surface area contributed by atoms with Crippen LogP contribution in [0.25, 0.3) is 0 Å². The summed E-state index contributed by atoms with van der Waals surface area (Å²) in [5.74, 6) is 0. The number of hydrogen-bond donors (Lipinski definition) is 4. The summed E-state index contributed by atoms with van der Waals surface area (Å²) in [4.78, 5) is 0.659. The Kier molecular flexibility index (Phi) is 10.4. The zero-order valence-electron chi connectivity index (χ0n) is 6.56. The topological polar surface area (TPSA) is 78.1 Å². The van der Waals surface area contributed by atoms with E-state index in [1.54, 1.807) is 12.1 Å². The molecule has 0 aliphatic heterocycles. The lowest BCUT2D eigenvalue weighted by Crippen LogP contribution is -1.97. The maximum Gasteiger partial charge on any atom is 0.0569 e. The largest absolute Gasteiger partial charge is 0.398 e. The van der Waals surface area contributed by atoms with Crippen LogP contribution in [0.1, 0.15) is 0 Å². The molecule has 6 N–H and O–H groups in total. The molecule has 0 atom stereocenters. The van der Waals surface area contributed by atoms with Crippen LogP contribution in [-0.4, -0.2) is 0 Å². The van der Waals surface area contributed by atoms with E-state index in [4.69, 9.17) is 17.2 Å². The van der Waals surface area contributed by atoms with Crippen molar-refractivity contribution in [2.24, 2.45) is 0 Å². The molecule has 7 heteroatoms. The van der Waals surface area contributed by atoms with Gasteiger partial charge >= 0.3 is 0 Å². The number of benzene rings is 1. The summed E-state index contributed by atoms with van der Waals surface area (Å²) in [6, 6.07) is 3.23. The molecule has 0 amide bonds. The standard InChI is InChI=1S/C6H9N3S.3ClH/c7-3-1-5(9)6(10)2-4(3)8;;;/h1-2,10H,7-9H2;3*1H. The van der Waals surface area contributed by atoms with Gasteiger partial charge in [-0.05, 0) is 12.1 Å². The first kappa shape index (κ1) is 18.6. The second-order valence-corrected chi connectivity index (χ2v) is 2.52. The maximum absolute atomic E-state index is 5.48. The quantitative estimate of drug-likeness (QED) is 0.427. The molecular weight excluding hydrogens is 253 g/mol. The number of anilines is 3. The van der Waals surface area contributed by atoms with E-state index >= 15 is 0 Å². The Balaban J connectivity index is -0.000000333. The molecule has 0 radical (unpaired) electrons. The van der Waals surface area contributed by atoms with Crippen molar-refractivity contribution in [1.29, 1.82) is 0 Å². The van der Waals surface area contributed by atoms with E-state index < -0.39 is 0 Å². The number of nitrogen functional groups attached to an aromatic ring is 3. The fourth-order valence-corrected chi connectivity index (χ4v) is 0.842. The van der Waals surface area contributed by atoms with Crippen LogP contribution in [0.5, 0.6) is 0 Å². The highest BCUT2D eigenvalue weighted by atomic mass is 35.5. The number of rotatable bonds is 0. The molecule has 0 aliphatic rings. The predicted octanol–water partition coefficient (Wildman–Crippen LogP) is 1.99. The number of hydrogen-bond acceptors (Lipinski definition) is 4. The summed E-state index contributed by atoms with van der Waals surface area (Å²) in [5.41, 5.74) is 17.9. The Labute approximate surface area is 101 Å². The second kappa shape index (κ2) is 7.26. The third kappa shape index (κ3) is 4.57. The Morgan fingerprint density at radius 1 is 0.769 bits per heavy atom. The minimum Gasteiger partial charge on any atom is -0.398 e. The summed E-state index contributed by atoms with van der Waals surface area (Å²) >= 11 is 4.05. The van der Waals surface area contributed by atoms with Crippen molar-refractivity contribution in [3.05, 3.63) is 12.1 Å². The van der Waals surface area contributed by atoms with Crippen LogP contribution in [0.3, 0.4) is 0 Å². The molecule has 0 aliphatic carbocycles. The van der Waals surface area contributed by atoms with Crippen LogP contribution < -0.4 is 17.2 Å². The van der Waals surface area contributed by atoms with E-state index in [1.165, 1.54) is 0 Å². The Bertz CT molecular complexity index is 219. The van der Waals surface area contributed by atoms with Crippen LogP contribution in [0, 0.1) is 0 Å². The van der Waals surface area contributed by atoms with Gasteiger partial charge in [-0.2, -0.15) is 0 Å². The van der Waals surface area contributed by atoms with E-state index in [9.17, 15) is 0 Å². The van der Waals surface area contributed by atoms with Gasteiger partial charge in [0.25, 0.3) is 0 Å². The van der Waals surface area contributed by atoms with Crippen molar-refractivity contribution in [3.63, 3.8) is 0 Å². The first-order valence-electron chi connectivity index (χ1n) is 2.74. The van der Waals surface area contributed by atoms with Crippen LogP contribution in [0.15, 0.2) is 17.0 Å². The minimum absolute atomic E-state index is 0. The minimum atomic E-state index is 0. The Hall–Kier alpha value is -0.160. The van der Waals surface area contributed by atoms with Crippen molar-refractivity contribution in [2.75, 3.05) is 17.2 Å². The van der Waals surface area contributed by atoms with Crippen LogP contribution >= 0.6 is 49.8 Å². The molecule has 0 heterocycles. The molecule has 3 nitrogen and oxygen atoms in total. The molecule has 0 spiro atoms. The van der Waals surface area contributed by atoms with E-state index in [1.807, 2.05) is 0 Å². The van der Waals surface area contributed by atoms with Crippen LogP contribution in [0.2, 0.25) is 0 Å². The molecule has 1 rings (SSSR count). The van der Waals surface area contributed by atoms with Gasteiger partial charge in [0.1, 0.15) is 0 Å². The lowest BCUT2D eigenvalue weighted by molar-refractivity contribution is 1.47. The van der Waals surface area contributed by atoms with Crippen molar-refractivity contribution in [1.82, 2.24) is 0 Å². The number of halogens is 3. The summed E-state index contributed by atoms with van der Waals surface area (Å²) in [6.45, 7) is 0. The molecule has 1 aromatic rings. The predicted molar refractivity (Wildman–Crippen MR) is 68.7 cm³/mol. The first-order chi connectivity index (χ1) is 4.61. The van der Waals surface area contributed by atoms with E-state index in [0.717, 1.165) is 0 Å². The number of thiol groups is 1. The molecule has 0 aromatic heterocycles. The third-order valence-electron chi connectivity index (χ3n) is 1.23. The molecule has 0 saturated heterocycles. The third-order valence-corrected chi connectivity index (χ3v) is 1.62. The van der Waals surface area contributed by atoms with Gasteiger partial charge in [-0.25, -0.2) is 0 Å². The van der Waals surface area contributed by atoms with Gasteiger partial charge in [-0.15, -0.1) is 49.8 Å². The molecule has 0 unspecified atom stereocenters. The summed E-state index contributed by atoms with van der Waals surface area (Å²) < 4.78 is 0. The van der Waals surface area contributed by atoms with Crippen molar-refractivity contribution < 1.29 is 0 Å². The Morgan fingerprint density at radius 3 is 1.54 bits per heavy atom. The van der Waals surface area contributed by atoms with Gasteiger partial charge < -0.3 is 17.2 Å².